The van der Waals surface area contributed by atoms with E-state index in [1.54, 1.807) is 0 Å². The Bertz CT molecular complexity index is 345. The maximum Gasteiger partial charge on any atom is 0.232 e. The van der Waals surface area contributed by atoms with Crippen LogP contribution in [0, 0.1) is 0 Å². The zero-order valence-corrected chi connectivity index (χ0v) is 13.1. The minimum atomic E-state index is 0.162. The van der Waals surface area contributed by atoms with Gasteiger partial charge in [0.05, 0.1) is 11.5 Å². The molecule has 0 spiro atoms. The van der Waals surface area contributed by atoms with E-state index in [0.717, 1.165) is 45.6 Å². The number of hydrogen-bond donors (Lipinski definition) is 1. The fraction of sp³-hybridized carbons (Fsp3) is 0.857. The van der Waals surface area contributed by atoms with Crippen LogP contribution in [0.3, 0.4) is 0 Å². The third-order valence-electron chi connectivity index (χ3n) is 3.88. The fourth-order valence-corrected chi connectivity index (χ4v) is 3.53. The van der Waals surface area contributed by atoms with Crippen LogP contribution in [0.5, 0.6) is 0 Å². The summed E-state index contributed by atoms with van der Waals surface area (Å²) in [5, 5.41) is 3.32. The van der Waals surface area contributed by atoms with Crippen molar-refractivity contribution in [3.63, 3.8) is 0 Å². The molecule has 0 aromatic carbocycles. The Labute approximate surface area is 125 Å². The lowest BCUT2D eigenvalue weighted by molar-refractivity contribution is -0.129. The Balaban J connectivity index is 1.64. The third kappa shape index (κ3) is 4.66. The number of amides is 2. The highest BCUT2D eigenvalue weighted by atomic mass is 32.2. The zero-order chi connectivity index (χ0) is 14.4. The molecule has 5 nitrogen and oxygen atoms in total. The van der Waals surface area contributed by atoms with Crippen LogP contribution in [-0.4, -0.2) is 71.9 Å². The van der Waals surface area contributed by atoms with Gasteiger partial charge in [-0.3, -0.25) is 9.59 Å². The van der Waals surface area contributed by atoms with E-state index in [9.17, 15) is 9.59 Å². The maximum atomic E-state index is 12.1. The van der Waals surface area contributed by atoms with E-state index in [1.807, 2.05) is 9.80 Å². The third-order valence-corrected chi connectivity index (χ3v) is 4.78. The molecule has 0 radical (unpaired) electrons. The van der Waals surface area contributed by atoms with Crippen molar-refractivity contribution >= 4 is 23.6 Å². The Hall–Kier alpha value is -0.750. The van der Waals surface area contributed by atoms with Crippen molar-refractivity contribution in [2.24, 2.45) is 0 Å². The molecule has 114 valence electrons. The van der Waals surface area contributed by atoms with Crippen molar-refractivity contribution in [2.75, 3.05) is 44.2 Å². The molecule has 2 amide bonds. The SMILES string of the molecule is CC1CN(C(=O)CSCC(=O)N2CCCCC2)CCN1. The largest absolute Gasteiger partial charge is 0.342 e. The maximum absolute atomic E-state index is 12.1. The lowest BCUT2D eigenvalue weighted by atomic mass is 10.1. The van der Waals surface area contributed by atoms with Crippen LogP contribution in [0.4, 0.5) is 0 Å². The number of nitrogens with zero attached hydrogens (tertiary/aromatic N) is 2. The summed E-state index contributed by atoms with van der Waals surface area (Å²) in [7, 11) is 0. The molecule has 6 heteroatoms. The summed E-state index contributed by atoms with van der Waals surface area (Å²) in [6.45, 7) is 6.30. The van der Waals surface area contributed by atoms with Crippen molar-refractivity contribution in [1.29, 1.82) is 0 Å². The Morgan fingerprint density at radius 3 is 2.35 bits per heavy atom. The summed E-state index contributed by atoms with van der Waals surface area (Å²) in [6, 6.07) is 0.368. The van der Waals surface area contributed by atoms with Crippen LogP contribution in [-0.2, 0) is 9.59 Å². The van der Waals surface area contributed by atoms with E-state index in [4.69, 9.17) is 0 Å². The highest BCUT2D eigenvalue weighted by Crippen LogP contribution is 2.12. The van der Waals surface area contributed by atoms with Crippen molar-refractivity contribution in [2.45, 2.75) is 32.2 Å². The molecule has 2 saturated heterocycles. The molecule has 2 rings (SSSR count). The lowest BCUT2D eigenvalue weighted by Gasteiger charge is -2.32. The molecule has 2 fully saturated rings. The molecular weight excluding hydrogens is 274 g/mol. The van der Waals surface area contributed by atoms with Crippen LogP contribution in [0.15, 0.2) is 0 Å². The minimum absolute atomic E-state index is 0.162. The first-order chi connectivity index (χ1) is 9.66. The minimum Gasteiger partial charge on any atom is -0.342 e. The number of rotatable bonds is 4. The smallest absolute Gasteiger partial charge is 0.232 e. The molecule has 0 aromatic rings. The standard InChI is InChI=1S/C14H25N3O2S/c1-12-9-17(8-5-15-12)14(19)11-20-10-13(18)16-6-3-2-4-7-16/h12,15H,2-11H2,1H3. The van der Waals surface area contributed by atoms with E-state index >= 15 is 0 Å². The van der Waals surface area contributed by atoms with Crippen LogP contribution in [0.25, 0.3) is 0 Å². The topological polar surface area (TPSA) is 52.7 Å². The molecular formula is C14H25N3O2S. The van der Waals surface area contributed by atoms with Crippen LogP contribution < -0.4 is 5.32 Å². The fourth-order valence-electron chi connectivity index (χ4n) is 2.71. The van der Waals surface area contributed by atoms with Crippen LogP contribution in [0.2, 0.25) is 0 Å². The number of carbonyl (C=O) groups is 2. The molecule has 0 aromatic heterocycles. The molecule has 1 unspecified atom stereocenters. The summed E-state index contributed by atoms with van der Waals surface area (Å²) in [4.78, 5) is 27.9. The highest BCUT2D eigenvalue weighted by Gasteiger charge is 2.21. The highest BCUT2D eigenvalue weighted by molar-refractivity contribution is 8.00. The average molecular weight is 299 g/mol. The molecule has 1 atom stereocenters. The summed E-state index contributed by atoms with van der Waals surface area (Å²) >= 11 is 1.46. The van der Waals surface area contributed by atoms with Gasteiger partial charge >= 0.3 is 0 Å². The number of carbonyl (C=O) groups excluding carboxylic acids is 2. The van der Waals surface area contributed by atoms with Gasteiger partial charge in [0.1, 0.15) is 0 Å². The lowest BCUT2D eigenvalue weighted by Crippen LogP contribution is -2.51. The molecule has 1 N–H and O–H groups in total. The van der Waals surface area contributed by atoms with E-state index in [-0.39, 0.29) is 11.8 Å². The second kappa shape index (κ2) is 7.88. The number of nitrogens with one attached hydrogen (secondary N) is 1. The first kappa shape index (κ1) is 15.6. The predicted molar refractivity (Wildman–Crippen MR) is 81.8 cm³/mol. The van der Waals surface area contributed by atoms with Crippen molar-refractivity contribution < 1.29 is 9.59 Å². The molecule has 20 heavy (non-hydrogen) atoms. The molecule has 0 bridgehead atoms. The number of piperazine rings is 1. The van der Waals surface area contributed by atoms with E-state index in [0.29, 0.717) is 17.5 Å². The van der Waals surface area contributed by atoms with Gasteiger partial charge in [-0.15, -0.1) is 11.8 Å². The molecule has 2 heterocycles. The molecule has 0 aliphatic carbocycles. The van der Waals surface area contributed by atoms with Crippen LogP contribution in [0.1, 0.15) is 26.2 Å². The zero-order valence-electron chi connectivity index (χ0n) is 12.3. The predicted octanol–water partition coefficient (Wildman–Crippen LogP) is 0.552. The molecule has 0 saturated carbocycles. The van der Waals surface area contributed by atoms with Crippen molar-refractivity contribution in [3.8, 4) is 0 Å². The van der Waals surface area contributed by atoms with Crippen molar-refractivity contribution in [3.05, 3.63) is 0 Å². The first-order valence-corrected chi connectivity index (χ1v) is 8.69. The summed E-state index contributed by atoms with van der Waals surface area (Å²) < 4.78 is 0. The summed E-state index contributed by atoms with van der Waals surface area (Å²) in [5.74, 6) is 1.21. The normalized spacial score (nSPS) is 23.8. The molecule has 2 aliphatic heterocycles. The number of likely N-dealkylation sites (tertiary alicyclic amines) is 1. The number of piperidine rings is 1. The van der Waals surface area contributed by atoms with Gasteiger partial charge in [-0.1, -0.05) is 0 Å². The Morgan fingerprint density at radius 1 is 1.05 bits per heavy atom. The van der Waals surface area contributed by atoms with Crippen molar-refractivity contribution in [1.82, 2.24) is 15.1 Å². The van der Waals surface area contributed by atoms with Gasteiger partial charge in [0, 0.05) is 38.8 Å². The second-order valence-corrected chi connectivity index (χ2v) is 6.61. The van der Waals surface area contributed by atoms with Gasteiger partial charge in [0.15, 0.2) is 0 Å². The monoisotopic (exact) mass is 299 g/mol. The van der Waals surface area contributed by atoms with Gasteiger partial charge in [0.25, 0.3) is 0 Å². The van der Waals surface area contributed by atoms with E-state index in [2.05, 4.69) is 12.2 Å². The van der Waals surface area contributed by atoms with Gasteiger partial charge in [-0.25, -0.2) is 0 Å². The summed E-state index contributed by atoms with van der Waals surface area (Å²) in [6.07, 6.45) is 3.47. The van der Waals surface area contributed by atoms with Gasteiger partial charge < -0.3 is 15.1 Å². The first-order valence-electron chi connectivity index (χ1n) is 7.53. The van der Waals surface area contributed by atoms with Gasteiger partial charge in [-0.05, 0) is 26.2 Å². The van der Waals surface area contributed by atoms with Crippen LogP contribution >= 0.6 is 11.8 Å². The van der Waals surface area contributed by atoms with E-state index in [1.165, 1.54) is 18.2 Å². The van der Waals surface area contributed by atoms with E-state index < -0.39 is 0 Å². The summed E-state index contributed by atoms with van der Waals surface area (Å²) in [5.41, 5.74) is 0. The van der Waals surface area contributed by atoms with Gasteiger partial charge in [0.2, 0.25) is 11.8 Å². The molecule has 2 aliphatic rings. The van der Waals surface area contributed by atoms with Gasteiger partial charge in [-0.2, -0.15) is 0 Å². The average Bonchev–Trinajstić information content (AvgIpc) is 2.48. The quantitative estimate of drug-likeness (QED) is 0.824. The number of thioether (sulfide) groups is 1. The second-order valence-electron chi connectivity index (χ2n) is 5.63. The Morgan fingerprint density at radius 2 is 1.70 bits per heavy atom. The number of hydrogen-bond acceptors (Lipinski definition) is 4. The Kier molecular flexibility index (Phi) is 6.16.